The van der Waals surface area contributed by atoms with Crippen LogP contribution >= 0.6 is 23.4 Å². The molecule has 0 unspecified atom stereocenters. The molecule has 2 rings (SSSR count). The van der Waals surface area contributed by atoms with Crippen LogP contribution in [0.5, 0.6) is 0 Å². The number of carbonyl (C=O) groups is 1. The van der Waals surface area contributed by atoms with Crippen LogP contribution < -0.4 is 5.32 Å². The molecule has 1 saturated carbocycles. The highest BCUT2D eigenvalue weighted by Crippen LogP contribution is 2.22. The summed E-state index contributed by atoms with van der Waals surface area (Å²) in [6.45, 7) is 0. The number of rotatable bonds is 6. The number of nitrogens with one attached hydrogen (secondary N) is 1. The standard InChI is InChI=1S/C16H22ClNO2S/c17-12-3-9-15(10-4-12)21-11-1-2-16(20)18-13-5-7-14(19)8-6-13/h3-4,9-10,13-14,19H,1-2,5-8,11H2,(H,18,20). The topological polar surface area (TPSA) is 49.3 Å². The molecule has 1 aliphatic carbocycles. The van der Waals surface area contributed by atoms with Crippen LogP contribution in [0, 0.1) is 0 Å². The van der Waals surface area contributed by atoms with E-state index in [2.05, 4.69) is 5.32 Å². The average Bonchev–Trinajstić information content (AvgIpc) is 2.48. The molecule has 1 amide bonds. The first-order valence-electron chi connectivity index (χ1n) is 7.49. The Bertz CT molecular complexity index is 444. The molecule has 116 valence electrons. The molecule has 5 heteroatoms. The van der Waals surface area contributed by atoms with Crippen molar-refractivity contribution in [2.24, 2.45) is 0 Å². The summed E-state index contributed by atoms with van der Waals surface area (Å²) in [4.78, 5) is 13.0. The van der Waals surface area contributed by atoms with Gasteiger partial charge >= 0.3 is 0 Å². The summed E-state index contributed by atoms with van der Waals surface area (Å²) >= 11 is 7.58. The van der Waals surface area contributed by atoms with Gasteiger partial charge in [0.05, 0.1) is 6.10 Å². The minimum atomic E-state index is -0.172. The van der Waals surface area contributed by atoms with Gasteiger partial charge in [0.25, 0.3) is 0 Å². The van der Waals surface area contributed by atoms with Gasteiger partial charge < -0.3 is 10.4 Å². The molecule has 0 spiro atoms. The Morgan fingerprint density at radius 1 is 1.24 bits per heavy atom. The number of benzene rings is 1. The van der Waals surface area contributed by atoms with E-state index in [4.69, 9.17) is 11.6 Å². The van der Waals surface area contributed by atoms with Crippen molar-refractivity contribution in [2.75, 3.05) is 5.75 Å². The van der Waals surface area contributed by atoms with Gasteiger partial charge in [0.15, 0.2) is 0 Å². The van der Waals surface area contributed by atoms with Gasteiger partial charge in [-0.3, -0.25) is 4.79 Å². The summed E-state index contributed by atoms with van der Waals surface area (Å²) in [7, 11) is 0. The number of carbonyl (C=O) groups excluding carboxylic acids is 1. The molecule has 3 nitrogen and oxygen atoms in total. The lowest BCUT2D eigenvalue weighted by Gasteiger charge is -2.26. The van der Waals surface area contributed by atoms with Gasteiger partial charge in [0, 0.05) is 22.4 Å². The van der Waals surface area contributed by atoms with E-state index in [0.29, 0.717) is 6.42 Å². The first kappa shape index (κ1) is 16.7. The van der Waals surface area contributed by atoms with Crippen LogP contribution in [0.4, 0.5) is 0 Å². The number of hydrogen-bond donors (Lipinski definition) is 2. The predicted octanol–water partition coefficient (Wildman–Crippen LogP) is 3.63. The van der Waals surface area contributed by atoms with Crippen molar-refractivity contribution in [2.45, 2.75) is 55.6 Å². The van der Waals surface area contributed by atoms with Crippen LogP contribution in [-0.2, 0) is 4.79 Å². The van der Waals surface area contributed by atoms with Gasteiger partial charge in [-0.05, 0) is 62.1 Å². The molecule has 0 radical (unpaired) electrons. The van der Waals surface area contributed by atoms with Gasteiger partial charge in [0.2, 0.25) is 5.91 Å². The Balaban J connectivity index is 1.58. The maximum Gasteiger partial charge on any atom is 0.220 e. The minimum absolute atomic E-state index is 0.132. The minimum Gasteiger partial charge on any atom is -0.393 e. The van der Waals surface area contributed by atoms with Crippen molar-refractivity contribution in [3.8, 4) is 0 Å². The average molecular weight is 328 g/mol. The number of halogens is 1. The Hall–Kier alpha value is -0.710. The lowest BCUT2D eigenvalue weighted by molar-refractivity contribution is -0.122. The third-order valence-corrected chi connectivity index (χ3v) is 5.04. The van der Waals surface area contributed by atoms with E-state index in [0.717, 1.165) is 42.9 Å². The van der Waals surface area contributed by atoms with Crippen molar-refractivity contribution in [1.29, 1.82) is 0 Å². The van der Waals surface area contributed by atoms with Crippen LogP contribution in [0.15, 0.2) is 29.2 Å². The van der Waals surface area contributed by atoms with E-state index in [1.165, 1.54) is 4.90 Å². The zero-order valence-corrected chi connectivity index (χ0v) is 13.6. The Morgan fingerprint density at radius 3 is 2.57 bits per heavy atom. The monoisotopic (exact) mass is 327 g/mol. The van der Waals surface area contributed by atoms with Crippen LogP contribution in [0.25, 0.3) is 0 Å². The second-order valence-electron chi connectivity index (χ2n) is 5.48. The van der Waals surface area contributed by atoms with Gasteiger partial charge in [-0.1, -0.05) is 11.6 Å². The Kier molecular flexibility index (Phi) is 6.87. The molecule has 2 N–H and O–H groups in total. The van der Waals surface area contributed by atoms with E-state index >= 15 is 0 Å². The molecule has 0 heterocycles. The molecule has 0 bridgehead atoms. The third kappa shape index (κ3) is 6.29. The normalized spacial score (nSPS) is 22.0. The molecular weight excluding hydrogens is 306 g/mol. The van der Waals surface area contributed by atoms with Crippen LogP contribution in [-0.4, -0.2) is 28.9 Å². The molecule has 0 atom stereocenters. The summed E-state index contributed by atoms with van der Waals surface area (Å²) in [6.07, 6.45) is 4.66. The third-order valence-electron chi connectivity index (χ3n) is 3.69. The Labute approximate surface area is 135 Å². The largest absolute Gasteiger partial charge is 0.393 e. The van der Waals surface area contributed by atoms with Crippen molar-refractivity contribution in [3.05, 3.63) is 29.3 Å². The second kappa shape index (κ2) is 8.66. The fourth-order valence-electron chi connectivity index (χ4n) is 2.47. The maximum atomic E-state index is 11.8. The van der Waals surface area contributed by atoms with Crippen molar-refractivity contribution >= 4 is 29.3 Å². The molecule has 1 aliphatic rings. The number of aliphatic hydroxyl groups is 1. The fraction of sp³-hybridized carbons (Fsp3) is 0.562. The first-order chi connectivity index (χ1) is 10.1. The number of thioether (sulfide) groups is 1. The SMILES string of the molecule is O=C(CCCSc1ccc(Cl)cc1)NC1CCC(O)CC1. The van der Waals surface area contributed by atoms with Gasteiger partial charge in [-0.2, -0.15) is 0 Å². The molecule has 1 aromatic carbocycles. The van der Waals surface area contributed by atoms with Gasteiger partial charge in [0.1, 0.15) is 0 Å². The molecule has 0 saturated heterocycles. The summed E-state index contributed by atoms with van der Waals surface area (Å²) in [5.41, 5.74) is 0. The molecule has 0 aromatic heterocycles. The summed E-state index contributed by atoms with van der Waals surface area (Å²) < 4.78 is 0. The maximum absolute atomic E-state index is 11.8. The zero-order chi connectivity index (χ0) is 15.1. The van der Waals surface area contributed by atoms with E-state index in [9.17, 15) is 9.90 Å². The lowest BCUT2D eigenvalue weighted by Crippen LogP contribution is -2.38. The summed E-state index contributed by atoms with van der Waals surface area (Å²) in [5, 5.41) is 13.3. The van der Waals surface area contributed by atoms with Crippen molar-refractivity contribution in [1.82, 2.24) is 5.32 Å². The molecule has 21 heavy (non-hydrogen) atoms. The number of hydrogen-bond acceptors (Lipinski definition) is 3. The van der Waals surface area contributed by atoms with Crippen molar-refractivity contribution in [3.63, 3.8) is 0 Å². The summed E-state index contributed by atoms with van der Waals surface area (Å²) in [6, 6.07) is 8.02. The lowest BCUT2D eigenvalue weighted by atomic mass is 9.93. The fourth-order valence-corrected chi connectivity index (χ4v) is 3.45. The zero-order valence-electron chi connectivity index (χ0n) is 12.1. The predicted molar refractivity (Wildman–Crippen MR) is 87.8 cm³/mol. The van der Waals surface area contributed by atoms with Crippen molar-refractivity contribution < 1.29 is 9.90 Å². The van der Waals surface area contributed by atoms with Gasteiger partial charge in [-0.25, -0.2) is 0 Å². The quantitative estimate of drug-likeness (QED) is 0.619. The first-order valence-corrected chi connectivity index (χ1v) is 8.85. The van der Waals surface area contributed by atoms with Crippen LogP contribution in [0.2, 0.25) is 5.02 Å². The van der Waals surface area contributed by atoms with Crippen LogP contribution in [0.3, 0.4) is 0 Å². The summed E-state index contributed by atoms with van der Waals surface area (Å²) in [5.74, 6) is 1.06. The second-order valence-corrected chi connectivity index (χ2v) is 7.08. The number of amides is 1. The number of aliphatic hydroxyl groups excluding tert-OH is 1. The molecule has 0 aliphatic heterocycles. The van der Waals surface area contributed by atoms with E-state index in [1.807, 2.05) is 24.3 Å². The van der Waals surface area contributed by atoms with Crippen LogP contribution in [0.1, 0.15) is 38.5 Å². The molecular formula is C16H22ClNO2S. The highest BCUT2D eigenvalue weighted by atomic mass is 35.5. The molecule has 1 aromatic rings. The van der Waals surface area contributed by atoms with E-state index in [1.54, 1.807) is 11.8 Å². The van der Waals surface area contributed by atoms with E-state index < -0.39 is 0 Å². The molecule has 1 fully saturated rings. The van der Waals surface area contributed by atoms with E-state index in [-0.39, 0.29) is 18.1 Å². The highest BCUT2D eigenvalue weighted by molar-refractivity contribution is 7.99. The Morgan fingerprint density at radius 2 is 1.90 bits per heavy atom. The highest BCUT2D eigenvalue weighted by Gasteiger charge is 2.20. The van der Waals surface area contributed by atoms with Gasteiger partial charge in [-0.15, -0.1) is 11.8 Å². The smallest absolute Gasteiger partial charge is 0.220 e.